The third-order valence-corrected chi connectivity index (χ3v) is 5.24. The summed E-state index contributed by atoms with van der Waals surface area (Å²) in [7, 11) is 0. The predicted octanol–water partition coefficient (Wildman–Crippen LogP) is 6.81. The first-order valence-electron chi connectivity index (χ1n) is 7.94. The fourth-order valence-electron chi connectivity index (χ4n) is 2.32. The van der Waals surface area contributed by atoms with Gasteiger partial charge in [-0.3, -0.25) is 4.79 Å². The zero-order valence-corrected chi connectivity index (χ0v) is 14.4. The lowest BCUT2D eigenvalue weighted by atomic mass is 10.1. The molecule has 114 valence electrons. The zero-order chi connectivity index (χ0) is 14.8. The second kappa shape index (κ2) is 10.4. The number of carbonyl (C=O) groups excluding carboxylic acids is 1. The molecule has 0 unspecified atom stereocenters. The van der Waals surface area contributed by atoms with Crippen molar-refractivity contribution in [3.05, 3.63) is 20.8 Å². The van der Waals surface area contributed by atoms with E-state index in [1.807, 2.05) is 13.0 Å². The van der Waals surface area contributed by atoms with E-state index < -0.39 is 0 Å². The number of unbranched alkanes of at least 4 members (excludes halogenated alkanes) is 8. The third kappa shape index (κ3) is 6.90. The summed E-state index contributed by atoms with van der Waals surface area (Å²) in [6, 6.07) is 1.92. The van der Waals surface area contributed by atoms with Crippen molar-refractivity contribution in [3.8, 4) is 0 Å². The number of Topliss-reactive ketones (excluding diaryl/α,β-unsaturated/α-hetero) is 1. The molecule has 0 N–H and O–H groups in total. The summed E-state index contributed by atoms with van der Waals surface area (Å²) in [5.74, 6) is 0.257. The first-order valence-corrected chi connectivity index (χ1v) is 9.13. The number of thiophene rings is 1. The molecule has 0 aromatic carbocycles. The van der Waals surface area contributed by atoms with Crippen LogP contribution in [-0.4, -0.2) is 5.78 Å². The molecule has 0 fully saturated rings. The Morgan fingerprint density at radius 3 is 2.10 bits per heavy atom. The fraction of sp³-hybridized carbons (Fsp3) is 0.706. The van der Waals surface area contributed by atoms with Gasteiger partial charge in [0.2, 0.25) is 0 Å². The molecule has 1 rings (SSSR count). The summed E-state index contributed by atoms with van der Waals surface area (Å²) < 4.78 is 0.750. The first-order chi connectivity index (χ1) is 9.65. The van der Waals surface area contributed by atoms with E-state index in [-0.39, 0.29) is 5.78 Å². The lowest BCUT2D eigenvalue weighted by Gasteiger charge is -2.01. The van der Waals surface area contributed by atoms with E-state index in [1.54, 1.807) is 0 Å². The van der Waals surface area contributed by atoms with Gasteiger partial charge in [-0.15, -0.1) is 11.3 Å². The number of rotatable bonds is 11. The van der Waals surface area contributed by atoms with Crippen LogP contribution in [0.25, 0.3) is 0 Å². The van der Waals surface area contributed by atoms with Crippen molar-refractivity contribution in [2.45, 2.75) is 78.1 Å². The first kappa shape index (κ1) is 17.7. The summed E-state index contributed by atoms with van der Waals surface area (Å²) in [6.45, 7) is 4.20. The molecule has 0 amide bonds. The van der Waals surface area contributed by atoms with Gasteiger partial charge in [0.15, 0.2) is 5.78 Å². The van der Waals surface area contributed by atoms with Crippen LogP contribution in [-0.2, 0) is 0 Å². The monoisotopic (exact) mass is 314 g/mol. The van der Waals surface area contributed by atoms with Crippen LogP contribution in [0.4, 0.5) is 0 Å². The second-order valence-electron chi connectivity index (χ2n) is 5.57. The molecular weight excluding hydrogens is 288 g/mol. The predicted molar refractivity (Wildman–Crippen MR) is 90.2 cm³/mol. The van der Waals surface area contributed by atoms with E-state index in [1.165, 1.54) is 62.7 Å². The van der Waals surface area contributed by atoms with E-state index in [2.05, 4.69) is 6.92 Å². The normalized spacial score (nSPS) is 10.9. The Balaban J connectivity index is 2.02. The Labute approximate surface area is 132 Å². The highest BCUT2D eigenvalue weighted by Gasteiger charge is 2.10. The summed E-state index contributed by atoms with van der Waals surface area (Å²) in [6.07, 6.45) is 12.3. The fourth-order valence-corrected chi connectivity index (χ4v) is 3.49. The van der Waals surface area contributed by atoms with Crippen LogP contribution < -0.4 is 0 Å². The highest BCUT2D eigenvalue weighted by Crippen LogP contribution is 2.28. The van der Waals surface area contributed by atoms with Crippen molar-refractivity contribution in [1.82, 2.24) is 0 Å². The highest BCUT2D eigenvalue weighted by atomic mass is 35.5. The van der Waals surface area contributed by atoms with E-state index in [4.69, 9.17) is 11.6 Å². The number of aryl methyl sites for hydroxylation is 1. The molecule has 0 radical (unpaired) electrons. The van der Waals surface area contributed by atoms with E-state index in [0.717, 1.165) is 21.2 Å². The number of hydrogen-bond donors (Lipinski definition) is 0. The highest BCUT2D eigenvalue weighted by molar-refractivity contribution is 7.18. The molecule has 0 atom stereocenters. The van der Waals surface area contributed by atoms with Crippen LogP contribution in [0.2, 0.25) is 4.34 Å². The number of ketones is 1. The molecular formula is C17H27ClOS. The molecule has 0 bridgehead atoms. The van der Waals surface area contributed by atoms with Gasteiger partial charge in [-0.2, -0.15) is 0 Å². The Morgan fingerprint density at radius 1 is 1.05 bits per heavy atom. The van der Waals surface area contributed by atoms with Crippen molar-refractivity contribution in [1.29, 1.82) is 0 Å². The van der Waals surface area contributed by atoms with Gasteiger partial charge >= 0.3 is 0 Å². The van der Waals surface area contributed by atoms with Crippen LogP contribution in [0.15, 0.2) is 6.07 Å². The zero-order valence-electron chi connectivity index (χ0n) is 12.8. The van der Waals surface area contributed by atoms with Gasteiger partial charge in [-0.1, -0.05) is 69.9 Å². The average Bonchev–Trinajstić information content (AvgIpc) is 2.77. The van der Waals surface area contributed by atoms with Gasteiger partial charge in [-0.05, 0) is 25.0 Å². The molecule has 0 spiro atoms. The lowest BCUT2D eigenvalue weighted by molar-refractivity contribution is 0.0983. The van der Waals surface area contributed by atoms with Crippen LogP contribution in [0.1, 0.15) is 86.4 Å². The van der Waals surface area contributed by atoms with Crippen molar-refractivity contribution < 1.29 is 4.79 Å². The Bertz CT molecular complexity index is 378. The number of halogens is 1. The quantitative estimate of drug-likeness (QED) is 0.324. The summed E-state index contributed by atoms with van der Waals surface area (Å²) in [5, 5.41) is 0. The standard InChI is InChI=1S/C17H27ClOS/c1-3-4-5-6-7-8-9-10-11-12-15(19)16-13-14(2)17(18)20-16/h13H,3-12H2,1-2H3. The van der Waals surface area contributed by atoms with Gasteiger partial charge in [0.05, 0.1) is 9.21 Å². The molecule has 1 aromatic heterocycles. The van der Waals surface area contributed by atoms with Gasteiger partial charge < -0.3 is 0 Å². The minimum Gasteiger partial charge on any atom is -0.293 e. The van der Waals surface area contributed by atoms with Crippen LogP contribution in [0.3, 0.4) is 0 Å². The largest absolute Gasteiger partial charge is 0.293 e. The molecule has 20 heavy (non-hydrogen) atoms. The Hall–Kier alpha value is -0.340. The summed E-state index contributed by atoms with van der Waals surface area (Å²) in [4.78, 5) is 12.8. The van der Waals surface area contributed by atoms with E-state index >= 15 is 0 Å². The van der Waals surface area contributed by atoms with Crippen molar-refractivity contribution in [2.24, 2.45) is 0 Å². The van der Waals surface area contributed by atoms with Crippen molar-refractivity contribution >= 4 is 28.7 Å². The second-order valence-corrected chi connectivity index (χ2v) is 7.22. The maximum absolute atomic E-state index is 12.0. The average molecular weight is 315 g/mol. The Kier molecular flexibility index (Phi) is 9.21. The van der Waals surface area contributed by atoms with Gasteiger partial charge in [0.1, 0.15) is 0 Å². The molecule has 0 saturated heterocycles. The van der Waals surface area contributed by atoms with Crippen LogP contribution in [0, 0.1) is 6.92 Å². The van der Waals surface area contributed by atoms with Crippen LogP contribution >= 0.6 is 22.9 Å². The molecule has 0 aliphatic carbocycles. The smallest absolute Gasteiger partial charge is 0.172 e. The minimum absolute atomic E-state index is 0.257. The number of carbonyl (C=O) groups is 1. The minimum atomic E-state index is 0.257. The van der Waals surface area contributed by atoms with E-state index in [0.29, 0.717) is 6.42 Å². The molecule has 0 aliphatic rings. The topological polar surface area (TPSA) is 17.1 Å². The lowest BCUT2D eigenvalue weighted by Crippen LogP contribution is -1.95. The van der Waals surface area contributed by atoms with Gasteiger partial charge in [0.25, 0.3) is 0 Å². The molecule has 1 aromatic rings. The van der Waals surface area contributed by atoms with Gasteiger partial charge in [0, 0.05) is 6.42 Å². The van der Waals surface area contributed by atoms with Crippen LogP contribution in [0.5, 0.6) is 0 Å². The third-order valence-electron chi connectivity index (χ3n) is 3.64. The number of hydrogen-bond acceptors (Lipinski definition) is 2. The van der Waals surface area contributed by atoms with Gasteiger partial charge in [-0.25, -0.2) is 0 Å². The SMILES string of the molecule is CCCCCCCCCCCC(=O)c1cc(C)c(Cl)s1. The summed E-state index contributed by atoms with van der Waals surface area (Å²) in [5.41, 5.74) is 1.02. The molecule has 0 aliphatic heterocycles. The van der Waals surface area contributed by atoms with Crippen molar-refractivity contribution in [3.63, 3.8) is 0 Å². The molecule has 3 heteroatoms. The summed E-state index contributed by atoms with van der Waals surface area (Å²) >= 11 is 7.41. The molecule has 0 saturated carbocycles. The molecule has 1 nitrogen and oxygen atoms in total. The van der Waals surface area contributed by atoms with Crippen molar-refractivity contribution in [2.75, 3.05) is 0 Å². The molecule has 1 heterocycles. The Morgan fingerprint density at radius 2 is 1.60 bits per heavy atom. The van der Waals surface area contributed by atoms with E-state index in [9.17, 15) is 4.79 Å². The maximum Gasteiger partial charge on any atom is 0.172 e. The maximum atomic E-state index is 12.0.